The van der Waals surface area contributed by atoms with Crippen molar-refractivity contribution in [1.29, 1.82) is 0 Å². The van der Waals surface area contributed by atoms with Gasteiger partial charge in [0.15, 0.2) is 11.1 Å². The first-order chi connectivity index (χ1) is 14.5. The highest BCUT2D eigenvalue weighted by atomic mass is 32.2. The van der Waals surface area contributed by atoms with Gasteiger partial charge in [0.1, 0.15) is 18.2 Å². The molecule has 1 heterocycles. The molecule has 30 heavy (non-hydrogen) atoms. The molecule has 0 radical (unpaired) electrons. The molecule has 0 saturated heterocycles. The normalized spacial score (nSPS) is 11.7. The average molecular weight is 433 g/mol. The first-order valence-corrected chi connectivity index (χ1v) is 11.9. The van der Waals surface area contributed by atoms with Crippen molar-refractivity contribution >= 4 is 17.7 Å². The zero-order valence-corrected chi connectivity index (χ0v) is 19.8. The van der Waals surface area contributed by atoms with Gasteiger partial charge in [0.2, 0.25) is 0 Å². The second-order valence-electron chi connectivity index (χ2n) is 7.56. The summed E-state index contributed by atoms with van der Waals surface area (Å²) in [4.78, 5) is 4.68. The lowest BCUT2D eigenvalue weighted by atomic mass is 10.2. The van der Waals surface area contributed by atoms with Crippen molar-refractivity contribution in [1.82, 2.24) is 25.4 Å². The molecule has 0 saturated carbocycles. The fourth-order valence-electron chi connectivity index (χ4n) is 2.95. The third-order valence-corrected chi connectivity index (χ3v) is 5.05. The SMILES string of the molecule is CCNC(=NCCCc1nnc(SC)n1CC(C)C)NCCOc1ccc(C)cc1. The van der Waals surface area contributed by atoms with Crippen LogP contribution in [-0.2, 0) is 13.0 Å². The van der Waals surface area contributed by atoms with Crippen molar-refractivity contribution in [3.8, 4) is 5.75 Å². The summed E-state index contributed by atoms with van der Waals surface area (Å²) in [5.41, 5.74) is 1.23. The maximum absolute atomic E-state index is 5.77. The number of hydrogen-bond donors (Lipinski definition) is 2. The first-order valence-electron chi connectivity index (χ1n) is 10.7. The summed E-state index contributed by atoms with van der Waals surface area (Å²) < 4.78 is 8.01. The monoisotopic (exact) mass is 432 g/mol. The van der Waals surface area contributed by atoms with Crippen LogP contribution >= 0.6 is 11.8 Å². The van der Waals surface area contributed by atoms with Crippen LogP contribution in [0, 0.1) is 12.8 Å². The topological polar surface area (TPSA) is 76.4 Å². The van der Waals surface area contributed by atoms with E-state index in [0.29, 0.717) is 19.1 Å². The molecular formula is C22H36N6OS. The average Bonchev–Trinajstić information content (AvgIpc) is 3.10. The molecule has 166 valence electrons. The van der Waals surface area contributed by atoms with Crippen LogP contribution in [0.3, 0.4) is 0 Å². The van der Waals surface area contributed by atoms with Crippen LogP contribution in [-0.4, -0.2) is 53.2 Å². The number of hydrogen-bond acceptors (Lipinski definition) is 5. The highest BCUT2D eigenvalue weighted by Crippen LogP contribution is 2.16. The summed E-state index contributed by atoms with van der Waals surface area (Å²) in [5, 5.41) is 16.3. The maximum Gasteiger partial charge on any atom is 0.191 e. The molecule has 0 aliphatic heterocycles. The van der Waals surface area contributed by atoms with Crippen molar-refractivity contribution in [3.63, 3.8) is 0 Å². The second-order valence-corrected chi connectivity index (χ2v) is 8.33. The zero-order chi connectivity index (χ0) is 21.8. The lowest BCUT2D eigenvalue weighted by Gasteiger charge is -2.13. The van der Waals surface area contributed by atoms with Crippen LogP contribution < -0.4 is 15.4 Å². The van der Waals surface area contributed by atoms with Crippen LogP contribution in [0.2, 0.25) is 0 Å². The van der Waals surface area contributed by atoms with Gasteiger partial charge >= 0.3 is 0 Å². The van der Waals surface area contributed by atoms with E-state index >= 15 is 0 Å². The minimum Gasteiger partial charge on any atom is -0.492 e. The summed E-state index contributed by atoms with van der Waals surface area (Å²) in [6.45, 7) is 12.4. The van der Waals surface area contributed by atoms with E-state index in [0.717, 1.165) is 55.2 Å². The van der Waals surface area contributed by atoms with Gasteiger partial charge in [0, 0.05) is 26.1 Å². The van der Waals surface area contributed by atoms with Crippen molar-refractivity contribution in [2.75, 3.05) is 32.5 Å². The molecule has 1 aromatic carbocycles. The second kappa shape index (κ2) is 13.2. The minimum atomic E-state index is 0.565. The summed E-state index contributed by atoms with van der Waals surface area (Å²) in [5.74, 6) is 3.32. The summed E-state index contributed by atoms with van der Waals surface area (Å²) in [6.07, 6.45) is 3.85. The Balaban J connectivity index is 1.77. The molecule has 0 fully saturated rings. The van der Waals surface area contributed by atoms with Crippen molar-refractivity contribution in [2.45, 2.75) is 52.2 Å². The maximum atomic E-state index is 5.77. The number of ether oxygens (including phenoxy) is 1. The Labute approximate surface area is 185 Å². The molecule has 2 aromatic rings. The van der Waals surface area contributed by atoms with Gasteiger partial charge in [-0.3, -0.25) is 4.99 Å². The molecule has 2 rings (SSSR count). The van der Waals surface area contributed by atoms with Gasteiger partial charge in [-0.25, -0.2) is 0 Å². The third-order valence-electron chi connectivity index (χ3n) is 4.38. The predicted octanol–water partition coefficient (Wildman–Crippen LogP) is 3.53. The molecule has 0 spiro atoms. The summed E-state index contributed by atoms with van der Waals surface area (Å²) >= 11 is 1.65. The number of aliphatic imine (C=N–C) groups is 1. The van der Waals surface area contributed by atoms with Crippen LogP contribution in [0.1, 0.15) is 38.6 Å². The molecule has 7 nitrogen and oxygen atoms in total. The lowest BCUT2D eigenvalue weighted by Crippen LogP contribution is -2.39. The molecule has 8 heteroatoms. The minimum absolute atomic E-state index is 0.565. The van der Waals surface area contributed by atoms with E-state index in [-0.39, 0.29) is 0 Å². The van der Waals surface area contributed by atoms with Gasteiger partial charge in [-0.1, -0.05) is 43.3 Å². The molecule has 0 atom stereocenters. The van der Waals surface area contributed by atoms with Gasteiger partial charge in [-0.2, -0.15) is 0 Å². The number of aromatic nitrogens is 3. The molecule has 0 amide bonds. The number of thioether (sulfide) groups is 1. The zero-order valence-electron chi connectivity index (χ0n) is 18.9. The van der Waals surface area contributed by atoms with E-state index in [9.17, 15) is 0 Å². The van der Waals surface area contributed by atoms with E-state index in [1.165, 1.54) is 5.56 Å². The van der Waals surface area contributed by atoms with Crippen LogP contribution in [0.25, 0.3) is 0 Å². The molecule has 2 N–H and O–H groups in total. The van der Waals surface area contributed by atoms with Crippen LogP contribution in [0.15, 0.2) is 34.4 Å². The Morgan fingerprint density at radius 2 is 1.97 bits per heavy atom. The number of guanidine groups is 1. The van der Waals surface area contributed by atoms with Crippen LogP contribution in [0.4, 0.5) is 0 Å². The van der Waals surface area contributed by atoms with Crippen molar-refractivity contribution in [3.05, 3.63) is 35.7 Å². The lowest BCUT2D eigenvalue weighted by molar-refractivity contribution is 0.322. The van der Waals surface area contributed by atoms with Gasteiger partial charge in [-0.05, 0) is 44.6 Å². The molecule has 0 unspecified atom stereocenters. The molecular weight excluding hydrogens is 396 g/mol. The third kappa shape index (κ3) is 8.26. The number of aryl methyl sites for hydroxylation is 2. The van der Waals surface area contributed by atoms with E-state index in [4.69, 9.17) is 4.74 Å². The largest absolute Gasteiger partial charge is 0.492 e. The Kier molecular flexibility index (Phi) is 10.5. The highest BCUT2D eigenvalue weighted by molar-refractivity contribution is 7.98. The molecule has 0 bridgehead atoms. The molecule has 0 aliphatic rings. The Bertz CT molecular complexity index is 772. The first kappa shape index (κ1) is 24.1. The van der Waals surface area contributed by atoms with E-state index in [1.807, 2.05) is 18.4 Å². The van der Waals surface area contributed by atoms with Crippen molar-refractivity contribution in [2.24, 2.45) is 10.9 Å². The molecule has 1 aromatic heterocycles. The van der Waals surface area contributed by atoms with Gasteiger partial charge in [0.05, 0.1) is 6.54 Å². The van der Waals surface area contributed by atoms with E-state index in [1.54, 1.807) is 11.8 Å². The molecule has 0 aliphatic carbocycles. The van der Waals surface area contributed by atoms with Crippen molar-refractivity contribution < 1.29 is 4.74 Å². The quantitative estimate of drug-likeness (QED) is 0.231. The summed E-state index contributed by atoms with van der Waals surface area (Å²) in [7, 11) is 0. The Hall–Kier alpha value is -2.22. The summed E-state index contributed by atoms with van der Waals surface area (Å²) in [6, 6.07) is 8.10. The predicted molar refractivity (Wildman–Crippen MR) is 126 cm³/mol. The number of nitrogens with one attached hydrogen (secondary N) is 2. The number of rotatable bonds is 12. The van der Waals surface area contributed by atoms with E-state index < -0.39 is 0 Å². The standard InChI is InChI=1S/C22H36N6OS/c1-6-23-21(25-14-15-29-19-11-9-18(4)10-12-19)24-13-7-8-20-26-27-22(30-5)28(20)16-17(2)3/h9-12,17H,6-8,13-16H2,1-5H3,(H2,23,24,25). The van der Waals surface area contributed by atoms with Gasteiger partial charge < -0.3 is 19.9 Å². The number of nitrogens with zero attached hydrogens (tertiary/aromatic N) is 4. The van der Waals surface area contributed by atoms with Crippen LogP contribution in [0.5, 0.6) is 5.75 Å². The van der Waals surface area contributed by atoms with Gasteiger partial charge in [-0.15, -0.1) is 10.2 Å². The smallest absolute Gasteiger partial charge is 0.191 e. The Morgan fingerprint density at radius 1 is 1.20 bits per heavy atom. The Morgan fingerprint density at radius 3 is 2.63 bits per heavy atom. The fraction of sp³-hybridized carbons (Fsp3) is 0.591. The van der Waals surface area contributed by atoms with E-state index in [2.05, 4.69) is 70.2 Å². The highest BCUT2D eigenvalue weighted by Gasteiger charge is 2.12. The number of benzene rings is 1. The fourth-order valence-corrected chi connectivity index (χ4v) is 3.47. The van der Waals surface area contributed by atoms with Gasteiger partial charge in [0.25, 0.3) is 0 Å².